The van der Waals surface area contributed by atoms with Crippen LogP contribution in [0.25, 0.3) is 0 Å². The highest BCUT2D eigenvalue weighted by atomic mass is 16.5. The average molecular weight is 404 g/mol. The van der Waals surface area contributed by atoms with E-state index in [0.29, 0.717) is 18.8 Å². The first-order valence-electron chi connectivity index (χ1n) is 9.93. The van der Waals surface area contributed by atoms with E-state index in [1.165, 1.54) is 0 Å². The van der Waals surface area contributed by atoms with Gasteiger partial charge in [-0.3, -0.25) is 9.59 Å². The van der Waals surface area contributed by atoms with Crippen LogP contribution in [0.15, 0.2) is 77.4 Å². The van der Waals surface area contributed by atoms with Crippen LogP contribution in [0.1, 0.15) is 29.3 Å². The van der Waals surface area contributed by atoms with Crippen molar-refractivity contribution in [2.45, 2.75) is 19.0 Å². The van der Waals surface area contributed by atoms with Crippen molar-refractivity contribution in [1.29, 1.82) is 0 Å². The van der Waals surface area contributed by atoms with E-state index in [9.17, 15) is 9.59 Å². The molecular formula is C24H24N2O4. The molecule has 1 aromatic heterocycles. The number of rotatable bonds is 7. The van der Waals surface area contributed by atoms with E-state index < -0.39 is 5.92 Å². The molecule has 1 N–H and O–H groups in total. The summed E-state index contributed by atoms with van der Waals surface area (Å²) in [6, 6.07) is 20.8. The van der Waals surface area contributed by atoms with Crippen LogP contribution in [0.3, 0.4) is 0 Å². The molecule has 30 heavy (non-hydrogen) atoms. The van der Waals surface area contributed by atoms with Gasteiger partial charge in [0.05, 0.1) is 31.9 Å². The Balaban J connectivity index is 1.49. The number of likely N-dealkylation sites (tertiary alicyclic amines) is 1. The van der Waals surface area contributed by atoms with Gasteiger partial charge in [-0.2, -0.15) is 0 Å². The number of methoxy groups -OCH3 is 1. The predicted molar refractivity (Wildman–Crippen MR) is 112 cm³/mol. The Morgan fingerprint density at radius 3 is 2.50 bits per heavy atom. The van der Waals surface area contributed by atoms with Crippen molar-refractivity contribution in [3.63, 3.8) is 0 Å². The molecule has 0 aliphatic carbocycles. The summed E-state index contributed by atoms with van der Waals surface area (Å²) in [6.07, 6.45) is 1.79. The fourth-order valence-corrected chi connectivity index (χ4v) is 3.75. The molecule has 2 aromatic carbocycles. The van der Waals surface area contributed by atoms with Crippen molar-refractivity contribution in [1.82, 2.24) is 10.2 Å². The largest absolute Gasteiger partial charge is 0.497 e. The highest BCUT2D eigenvalue weighted by molar-refractivity contribution is 5.89. The van der Waals surface area contributed by atoms with Gasteiger partial charge >= 0.3 is 0 Å². The number of carbonyl (C=O) groups is 2. The number of furan rings is 1. The lowest BCUT2D eigenvalue weighted by Crippen LogP contribution is -2.36. The van der Waals surface area contributed by atoms with Crippen LogP contribution in [0.2, 0.25) is 0 Å². The number of benzene rings is 2. The summed E-state index contributed by atoms with van der Waals surface area (Å²) in [5.74, 6) is 0.913. The van der Waals surface area contributed by atoms with E-state index in [2.05, 4.69) is 5.32 Å². The highest BCUT2D eigenvalue weighted by Crippen LogP contribution is 2.26. The fourth-order valence-electron chi connectivity index (χ4n) is 3.75. The second-order valence-electron chi connectivity index (χ2n) is 7.38. The minimum atomic E-state index is -0.392. The molecule has 2 heterocycles. The SMILES string of the molecule is COc1ccc([C@@H](NC(=O)[C@H]2CC(=O)N(Cc3ccco3)C2)c2ccccc2)cc1. The molecule has 1 aliphatic rings. The van der Waals surface area contributed by atoms with Crippen molar-refractivity contribution in [3.05, 3.63) is 89.9 Å². The topological polar surface area (TPSA) is 71.8 Å². The van der Waals surface area contributed by atoms with Crippen LogP contribution >= 0.6 is 0 Å². The first kappa shape index (κ1) is 19.8. The molecule has 6 heteroatoms. The van der Waals surface area contributed by atoms with Crippen molar-refractivity contribution >= 4 is 11.8 Å². The molecule has 0 bridgehead atoms. The van der Waals surface area contributed by atoms with Crippen LogP contribution < -0.4 is 10.1 Å². The van der Waals surface area contributed by atoms with Crippen molar-refractivity contribution in [2.75, 3.05) is 13.7 Å². The zero-order valence-electron chi connectivity index (χ0n) is 16.8. The number of nitrogens with one attached hydrogen (secondary N) is 1. The summed E-state index contributed by atoms with van der Waals surface area (Å²) < 4.78 is 10.6. The second-order valence-corrected chi connectivity index (χ2v) is 7.38. The van der Waals surface area contributed by atoms with E-state index in [0.717, 1.165) is 16.9 Å². The number of hydrogen-bond acceptors (Lipinski definition) is 4. The van der Waals surface area contributed by atoms with E-state index in [1.807, 2.05) is 60.7 Å². The van der Waals surface area contributed by atoms with Crippen LogP contribution in [0.4, 0.5) is 0 Å². The lowest BCUT2D eigenvalue weighted by atomic mass is 9.97. The third-order valence-corrected chi connectivity index (χ3v) is 5.38. The number of amides is 2. The molecule has 2 amide bonds. The smallest absolute Gasteiger partial charge is 0.226 e. The van der Waals surface area contributed by atoms with E-state index >= 15 is 0 Å². The van der Waals surface area contributed by atoms with E-state index in [1.54, 1.807) is 24.3 Å². The van der Waals surface area contributed by atoms with Gasteiger partial charge in [-0.25, -0.2) is 0 Å². The van der Waals surface area contributed by atoms with Crippen LogP contribution in [0.5, 0.6) is 5.75 Å². The maximum Gasteiger partial charge on any atom is 0.226 e. The predicted octanol–water partition coefficient (Wildman–Crippen LogP) is 3.54. The third kappa shape index (κ3) is 4.38. The molecule has 6 nitrogen and oxygen atoms in total. The average Bonchev–Trinajstić information content (AvgIpc) is 3.43. The minimum Gasteiger partial charge on any atom is -0.497 e. The van der Waals surface area contributed by atoms with Crippen molar-refractivity contribution in [3.8, 4) is 5.75 Å². The quantitative estimate of drug-likeness (QED) is 0.654. The summed E-state index contributed by atoms with van der Waals surface area (Å²) in [5.41, 5.74) is 1.93. The highest BCUT2D eigenvalue weighted by Gasteiger charge is 2.35. The molecular weight excluding hydrogens is 380 g/mol. The Labute approximate surface area is 175 Å². The monoisotopic (exact) mass is 404 g/mol. The lowest BCUT2D eigenvalue weighted by Gasteiger charge is -2.22. The van der Waals surface area contributed by atoms with E-state index in [-0.39, 0.29) is 24.3 Å². The molecule has 0 unspecified atom stereocenters. The summed E-state index contributed by atoms with van der Waals surface area (Å²) in [4.78, 5) is 27.2. The molecule has 1 fully saturated rings. The first-order chi connectivity index (χ1) is 14.6. The van der Waals surface area contributed by atoms with Gasteiger partial charge in [0.15, 0.2) is 0 Å². The number of ether oxygens (including phenoxy) is 1. The molecule has 154 valence electrons. The van der Waals surface area contributed by atoms with Gasteiger partial charge in [-0.1, -0.05) is 42.5 Å². The Bertz CT molecular complexity index is 984. The van der Waals surface area contributed by atoms with Crippen molar-refractivity contribution < 1.29 is 18.7 Å². The van der Waals surface area contributed by atoms with Gasteiger partial charge < -0.3 is 19.4 Å². The Hall–Kier alpha value is -3.54. The van der Waals surface area contributed by atoms with Gasteiger partial charge in [0, 0.05) is 13.0 Å². The molecule has 0 radical (unpaired) electrons. The maximum absolute atomic E-state index is 13.1. The second kappa shape index (κ2) is 8.86. The number of nitrogens with zero attached hydrogens (tertiary/aromatic N) is 1. The molecule has 1 saturated heterocycles. The van der Waals surface area contributed by atoms with Gasteiger partial charge in [0.25, 0.3) is 0 Å². The molecule has 3 aromatic rings. The van der Waals surface area contributed by atoms with Crippen LogP contribution in [-0.2, 0) is 16.1 Å². The maximum atomic E-state index is 13.1. The summed E-state index contributed by atoms with van der Waals surface area (Å²) in [5, 5.41) is 3.15. The minimum absolute atomic E-state index is 0.0349. The zero-order valence-corrected chi connectivity index (χ0v) is 16.8. The lowest BCUT2D eigenvalue weighted by molar-refractivity contribution is -0.129. The summed E-state index contributed by atoms with van der Waals surface area (Å²) in [6.45, 7) is 0.770. The zero-order chi connectivity index (χ0) is 20.9. The summed E-state index contributed by atoms with van der Waals surface area (Å²) in [7, 11) is 1.62. The molecule has 4 rings (SSSR count). The van der Waals surface area contributed by atoms with Gasteiger partial charge in [-0.05, 0) is 35.4 Å². The fraction of sp³-hybridized carbons (Fsp3) is 0.250. The normalized spacial score (nSPS) is 17.0. The molecule has 0 spiro atoms. The molecule has 1 aliphatic heterocycles. The van der Waals surface area contributed by atoms with E-state index in [4.69, 9.17) is 9.15 Å². The summed E-state index contributed by atoms with van der Waals surface area (Å²) >= 11 is 0. The number of hydrogen-bond donors (Lipinski definition) is 1. The molecule has 2 atom stereocenters. The molecule has 0 saturated carbocycles. The third-order valence-electron chi connectivity index (χ3n) is 5.38. The number of carbonyl (C=O) groups excluding carboxylic acids is 2. The first-order valence-corrected chi connectivity index (χ1v) is 9.93. The Kier molecular flexibility index (Phi) is 5.84. The van der Waals surface area contributed by atoms with Gasteiger partial charge in [0.1, 0.15) is 11.5 Å². The Morgan fingerprint density at radius 1 is 1.10 bits per heavy atom. The van der Waals surface area contributed by atoms with Crippen molar-refractivity contribution in [2.24, 2.45) is 5.92 Å². The van der Waals surface area contributed by atoms with Crippen LogP contribution in [0, 0.1) is 5.92 Å². The van der Waals surface area contributed by atoms with Crippen LogP contribution in [-0.4, -0.2) is 30.4 Å². The standard InChI is InChI=1S/C24H24N2O4/c1-29-20-11-9-18(10-12-20)23(17-6-3-2-4-7-17)25-24(28)19-14-22(27)26(15-19)16-21-8-5-13-30-21/h2-13,19,23H,14-16H2,1H3,(H,25,28)/t19-,23-/m0/s1. The van der Waals surface area contributed by atoms with Gasteiger partial charge in [0.2, 0.25) is 11.8 Å². The Morgan fingerprint density at radius 2 is 1.83 bits per heavy atom. The van der Waals surface area contributed by atoms with Gasteiger partial charge in [-0.15, -0.1) is 0 Å².